The third kappa shape index (κ3) is 5.56. The van der Waals surface area contributed by atoms with Crippen molar-refractivity contribution >= 4 is 17.8 Å². The van der Waals surface area contributed by atoms with E-state index in [1.54, 1.807) is 37.5 Å². The number of carbonyl (C=O) groups excluding carboxylic acids is 2. The molecule has 0 bridgehead atoms. The zero-order valence-electron chi connectivity index (χ0n) is 22.7. The molecule has 216 valence electrons. The Balaban J connectivity index is 1.24. The number of nitrogens with zero attached hydrogens (tertiary/aromatic N) is 4. The van der Waals surface area contributed by atoms with Crippen molar-refractivity contribution in [1.29, 1.82) is 0 Å². The van der Waals surface area contributed by atoms with Crippen molar-refractivity contribution in [2.75, 3.05) is 18.5 Å². The van der Waals surface area contributed by atoms with Crippen molar-refractivity contribution in [3.63, 3.8) is 0 Å². The Kier molecular flexibility index (Phi) is 7.12. The number of carbonyl (C=O) groups is 2. The fraction of sp³-hybridized carbons (Fsp3) is 0.310. The van der Waals surface area contributed by atoms with Gasteiger partial charge < -0.3 is 30.2 Å². The van der Waals surface area contributed by atoms with Crippen LogP contribution in [0.2, 0.25) is 0 Å². The van der Waals surface area contributed by atoms with Crippen molar-refractivity contribution in [3.8, 4) is 22.6 Å². The van der Waals surface area contributed by atoms with Crippen LogP contribution in [-0.4, -0.2) is 55.6 Å². The van der Waals surface area contributed by atoms with Gasteiger partial charge in [0.1, 0.15) is 11.2 Å². The number of halogens is 1. The smallest absolute Gasteiger partial charge is 0.317 e. The standard InChI is InChI=1S/C29H28FN7O5/c1-28(26(39)42-29(10-11-29)25(31)38)15-40-24(41-16-28)23-36-21(17-5-7-18(30)8-6-17)22(37-23)20-9-13-33-27(35-20)34-14-19-4-2-3-12-32-19/h2-9,12-13,24H,10-11,14-16H2,1H3,(H2,31,38)(H,36,37)(H,33,34,35). The first kappa shape index (κ1) is 27.4. The summed E-state index contributed by atoms with van der Waals surface area (Å²) < 4.78 is 31.0. The second kappa shape index (κ2) is 10.9. The Labute approximate surface area is 239 Å². The van der Waals surface area contributed by atoms with Gasteiger partial charge in [-0.2, -0.15) is 0 Å². The van der Waals surface area contributed by atoms with Gasteiger partial charge in [-0.05, 0) is 49.4 Å². The third-order valence-corrected chi connectivity index (χ3v) is 7.17. The summed E-state index contributed by atoms with van der Waals surface area (Å²) in [7, 11) is 0. The van der Waals surface area contributed by atoms with E-state index in [0.717, 1.165) is 5.69 Å². The van der Waals surface area contributed by atoms with Crippen LogP contribution in [0.15, 0.2) is 60.9 Å². The van der Waals surface area contributed by atoms with Gasteiger partial charge in [-0.3, -0.25) is 14.6 Å². The number of imidazole rings is 1. The highest BCUT2D eigenvalue weighted by atomic mass is 19.1. The van der Waals surface area contributed by atoms with E-state index in [-0.39, 0.29) is 19.0 Å². The number of H-pyrrole nitrogens is 1. The topological polar surface area (TPSA) is 167 Å². The minimum absolute atomic E-state index is 0.0393. The first-order chi connectivity index (χ1) is 20.2. The Bertz CT molecular complexity index is 1600. The van der Waals surface area contributed by atoms with E-state index in [1.807, 2.05) is 18.2 Å². The molecule has 0 unspecified atom stereocenters. The van der Waals surface area contributed by atoms with E-state index in [9.17, 15) is 14.0 Å². The summed E-state index contributed by atoms with van der Waals surface area (Å²) in [6, 6.07) is 13.3. The molecular formula is C29H28FN7O5. The Hall–Kier alpha value is -4.75. The summed E-state index contributed by atoms with van der Waals surface area (Å²) >= 11 is 0. The quantitative estimate of drug-likeness (QED) is 0.253. The predicted octanol–water partition coefficient (Wildman–Crippen LogP) is 3.29. The molecule has 3 aromatic heterocycles. The lowest BCUT2D eigenvalue weighted by atomic mass is 9.92. The van der Waals surface area contributed by atoms with Crippen LogP contribution in [0.25, 0.3) is 22.6 Å². The van der Waals surface area contributed by atoms with Crippen LogP contribution < -0.4 is 11.1 Å². The average molecular weight is 574 g/mol. The number of anilines is 1. The van der Waals surface area contributed by atoms with Crippen LogP contribution in [0.4, 0.5) is 10.3 Å². The van der Waals surface area contributed by atoms with E-state index in [0.29, 0.717) is 53.8 Å². The van der Waals surface area contributed by atoms with Gasteiger partial charge in [0.15, 0.2) is 11.4 Å². The molecule has 12 nitrogen and oxygen atoms in total. The largest absolute Gasteiger partial charge is 0.448 e. The molecule has 1 aliphatic heterocycles. The summed E-state index contributed by atoms with van der Waals surface area (Å²) in [5.41, 5.74) is 6.05. The van der Waals surface area contributed by atoms with E-state index in [1.165, 1.54) is 12.1 Å². The number of hydrogen-bond acceptors (Lipinski definition) is 10. The number of nitrogens with one attached hydrogen (secondary N) is 2. The Morgan fingerprint density at radius 1 is 1.07 bits per heavy atom. The number of primary amides is 1. The molecule has 1 aromatic carbocycles. The molecule has 1 aliphatic carbocycles. The number of rotatable bonds is 9. The number of pyridine rings is 1. The van der Waals surface area contributed by atoms with Crippen molar-refractivity contribution in [1.82, 2.24) is 24.9 Å². The van der Waals surface area contributed by atoms with Crippen LogP contribution in [-0.2, 0) is 30.3 Å². The van der Waals surface area contributed by atoms with Crippen LogP contribution >= 0.6 is 0 Å². The van der Waals surface area contributed by atoms with E-state index in [2.05, 4.69) is 25.3 Å². The summed E-state index contributed by atoms with van der Waals surface area (Å²) in [4.78, 5) is 45.8. The molecule has 4 N–H and O–H groups in total. The molecule has 1 saturated carbocycles. The van der Waals surface area contributed by atoms with Gasteiger partial charge in [-0.1, -0.05) is 6.07 Å². The Morgan fingerprint density at radius 2 is 1.83 bits per heavy atom. The molecular weight excluding hydrogens is 545 g/mol. The number of esters is 1. The lowest BCUT2D eigenvalue weighted by molar-refractivity contribution is -0.240. The lowest BCUT2D eigenvalue weighted by Crippen LogP contribution is -2.47. The number of benzene rings is 1. The van der Waals surface area contributed by atoms with Gasteiger partial charge in [0, 0.05) is 30.8 Å². The summed E-state index contributed by atoms with van der Waals surface area (Å²) in [6.07, 6.45) is 3.19. The predicted molar refractivity (Wildman–Crippen MR) is 147 cm³/mol. The molecule has 1 amide bonds. The molecule has 42 heavy (non-hydrogen) atoms. The van der Waals surface area contributed by atoms with Gasteiger partial charge in [-0.25, -0.2) is 19.3 Å². The van der Waals surface area contributed by atoms with Crippen LogP contribution in [0.1, 0.15) is 37.6 Å². The van der Waals surface area contributed by atoms with Crippen molar-refractivity contribution < 1.29 is 28.2 Å². The molecule has 2 aliphatic rings. The van der Waals surface area contributed by atoms with Gasteiger partial charge in [0.25, 0.3) is 5.91 Å². The maximum absolute atomic E-state index is 13.7. The molecule has 0 spiro atoms. The maximum atomic E-state index is 13.7. The molecule has 2 fully saturated rings. The number of nitrogens with two attached hydrogens (primary N) is 1. The van der Waals surface area contributed by atoms with Crippen LogP contribution in [0.3, 0.4) is 0 Å². The van der Waals surface area contributed by atoms with Crippen LogP contribution in [0, 0.1) is 11.2 Å². The lowest BCUT2D eigenvalue weighted by Gasteiger charge is -2.35. The van der Waals surface area contributed by atoms with Crippen molar-refractivity contribution in [2.45, 2.75) is 38.2 Å². The molecule has 13 heteroatoms. The minimum atomic E-state index is -1.24. The van der Waals surface area contributed by atoms with Gasteiger partial charge in [0.2, 0.25) is 12.2 Å². The maximum Gasteiger partial charge on any atom is 0.317 e. The number of ether oxygens (including phenoxy) is 3. The molecule has 6 rings (SSSR count). The molecule has 4 heterocycles. The summed E-state index contributed by atoms with van der Waals surface area (Å²) in [6.45, 7) is 1.99. The SMILES string of the molecule is CC1(C(=O)OC2(C(N)=O)CC2)COC(c2nc(-c3ccc(F)cc3)c(-c3ccnc(NCc4ccccn4)n3)[nH]2)OC1. The van der Waals surface area contributed by atoms with Crippen molar-refractivity contribution in [2.24, 2.45) is 11.1 Å². The average Bonchev–Trinajstić information content (AvgIpc) is 3.66. The van der Waals surface area contributed by atoms with Gasteiger partial charge >= 0.3 is 5.97 Å². The fourth-order valence-electron chi connectivity index (χ4n) is 4.46. The summed E-state index contributed by atoms with van der Waals surface area (Å²) in [5, 5.41) is 3.16. The summed E-state index contributed by atoms with van der Waals surface area (Å²) in [5.74, 6) is -0.948. The third-order valence-electron chi connectivity index (χ3n) is 7.17. The first-order valence-corrected chi connectivity index (χ1v) is 13.3. The Morgan fingerprint density at radius 3 is 2.50 bits per heavy atom. The number of aromatic amines is 1. The van der Waals surface area contributed by atoms with Crippen LogP contribution in [0.5, 0.6) is 0 Å². The molecule has 1 saturated heterocycles. The number of amides is 1. The minimum Gasteiger partial charge on any atom is -0.448 e. The zero-order valence-corrected chi connectivity index (χ0v) is 22.7. The highest BCUT2D eigenvalue weighted by Gasteiger charge is 2.55. The molecule has 4 aromatic rings. The van der Waals surface area contributed by atoms with Gasteiger partial charge in [-0.15, -0.1) is 0 Å². The van der Waals surface area contributed by atoms with E-state index in [4.69, 9.17) is 24.9 Å². The monoisotopic (exact) mass is 573 g/mol. The zero-order chi connectivity index (χ0) is 29.3. The van der Waals surface area contributed by atoms with Crippen molar-refractivity contribution in [3.05, 3.63) is 78.3 Å². The normalized spacial score (nSPS) is 21.0. The molecule has 0 radical (unpaired) electrons. The highest BCUT2D eigenvalue weighted by Crippen LogP contribution is 2.42. The second-order valence-electron chi connectivity index (χ2n) is 10.6. The fourth-order valence-corrected chi connectivity index (χ4v) is 4.46. The number of hydrogen-bond donors (Lipinski definition) is 3. The number of aromatic nitrogens is 5. The molecule has 0 atom stereocenters. The second-order valence-corrected chi connectivity index (χ2v) is 10.6. The highest BCUT2D eigenvalue weighted by molar-refractivity contribution is 5.90. The van der Waals surface area contributed by atoms with E-state index < -0.39 is 29.2 Å². The van der Waals surface area contributed by atoms with E-state index >= 15 is 0 Å². The first-order valence-electron chi connectivity index (χ1n) is 13.3. The van der Waals surface area contributed by atoms with Gasteiger partial charge in [0.05, 0.1) is 42.5 Å².